The smallest absolute Gasteiger partial charge is 0.227 e. The van der Waals surface area contributed by atoms with E-state index in [1.165, 1.54) is 12.1 Å². The third kappa shape index (κ3) is 4.02. The average molecular weight is 333 g/mol. The maximum Gasteiger partial charge on any atom is 0.227 e. The van der Waals surface area contributed by atoms with Gasteiger partial charge in [0.1, 0.15) is 5.82 Å². The highest BCUT2D eigenvalue weighted by Crippen LogP contribution is 2.26. The molecule has 0 spiro atoms. The number of carbonyl (C=O) groups excluding carboxylic acids is 1. The Balaban J connectivity index is 1.57. The molecule has 0 radical (unpaired) electrons. The molecule has 2 aromatic rings. The quantitative estimate of drug-likeness (QED) is 0.907. The molecule has 3 nitrogen and oxygen atoms in total. The maximum atomic E-state index is 13.2. The Labute approximate surface area is 140 Å². The molecule has 1 heterocycles. The van der Waals surface area contributed by atoms with Crippen molar-refractivity contribution in [3.63, 3.8) is 0 Å². The molecule has 2 aromatic carbocycles. The number of rotatable bonds is 3. The number of anilines is 2. The molecule has 0 aromatic heterocycles. The van der Waals surface area contributed by atoms with E-state index in [0.29, 0.717) is 10.7 Å². The summed E-state index contributed by atoms with van der Waals surface area (Å²) in [5.41, 5.74) is 1.59. The van der Waals surface area contributed by atoms with Crippen molar-refractivity contribution in [3.05, 3.63) is 59.4 Å². The van der Waals surface area contributed by atoms with E-state index in [1.807, 2.05) is 24.3 Å². The van der Waals surface area contributed by atoms with Crippen LogP contribution in [0.3, 0.4) is 0 Å². The molecule has 0 aliphatic carbocycles. The fourth-order valence-corrected chi connectivity index (χ4v) is 3.07. The first-order valence-electron chi connectivity index (χ1n) is 7.69. The molecule has 1 N–H and O–H groups in total. The van der Waals surface area contributed by atoms with Crippen molar-refractivity contribution in [3.8, 4) is 0 Å². The fraction of sp³-hybridized carbons (Fsp3) is 0.278. The van der Waals surface area contributed by atoms with Crippen LogP contribution in [-0.2, 0) is 4.79 Å². The summed E-state index contributed by atoms with van der Waals surface area (Å²) in [5, 5.41) is 3.51. The van der Waals surface area contributed by atoms with Gasteiger partial charge < -0.3 is 10.2 Å². The van der Waals surface area contributed by atoms with Gasteiger partial charge in [0, 0.05) is 35.4 Å². The lowest BCUT2D eigenvalue weighted by molar-refractivity contribution is -0.120. The largest absolute Gasteiger partial charge is 0.371 e. The van der Waals surface area contributed by atoms with Gasteiger partial charge in [-0.05, 0) is 49.2 Å². The molecule has 5 heteroatoms. The van der Waals surface area contributed by atoms with Crippen LogP contribution in [0.5, 0.6) is 0 Å². The Morgan fingerprint density at radius 1 is 1.13 bits per heavy atom. The summed E-state index contributed by atoms with van der Waals surface area (Å²) in [6, 6.07) is 13.7. The lowest BCUT2D eigenvalue weighted by atomic mass is 9.95. The van der Waals surface area contributed by atoms with Crippen LogP contribution in [0.25, 0.3) is 0 Å². The third-order valence-electron chi connectivity index (χ3n) is 4.13. The summed E-state index contributed by atoms with van der Waals surface area (Å²) in [6.45, 7) is 1.61. The lowest BCUT2D eigenvalue weighted by Crippen LogP contribution is -2.38. The van der Waals surface area contributed by atoms with Crippen molar-refractivity contribution in [1.29, 1.82) is 0 Å². The van der Waals surface area contributed by atoms with Crippen LogP contribution < -0.4 is 10.2 Å². The summed E-state index contributed by atoms with van der Waals surface area (Å²) in [6.07, 6.45) is 1.54. The van der Waals surface area contributed by atoms with Gasteiger partial charge in [-0.15, -0.1) is 0 Å². The highest BCUT2D eigenvalue weighted by atomic mass is 35.5. The van der Waals surface area contributed by atoms with E-state index in [9.17, 15) is 9.18 Å². The number of benzene rings is 2. The van der Waals surface area contributed by atoms with Crippen LogP contribution in [0.2, 0.25) is 5.02 Å². The zero-order valence-electron chi connectivity index (χ0n) is 12.6. The predicted octanol–water partition coefficient (Wildman–Crippen LogP) is 4.33. The van der Waals surface area contributed by atoms with Gasteiger partial charge in [-0.1, -0.05) is 23.7 Å². The van der Waals surface area contributed by atoms with Crippen molar-refractivity contribution in [2.75, 3.05) is 23.3 Å². The van der Waals surface area contributed by atoms with Crippen molar-refractivity contribution < 1.29 is 9.18 Å². The fourth-order valence-electron chi connectivity index (χ4n) is 2.88. The van der Waals surface area contributed by atoms with Gasteiger partial charge in [0.05, 0.1) is 0 Å². The molecule has 1 fully saturated rings. The summed E-state index contributed by atoms with van der Waals surface area (Å²) >= 11 is 6.02. The zero-order valence-corrected chi connectivity index (χ0v) is 13.4. The van der Waals surface area contributed by atoms with Crippen molar-refractivity contribution in [1.82, 2.24) is 0 Å². The molecule has 0 atom stereocenters. The van der Waals surface area contributed by atoms with Gasteiger partial charge in [0.2, 0.25) is 5.91 Å². The number of hydrogen-bond donors (Lipinski definition) is 1. The van der Waals surface area contributed by atoms with Gasteiger partial charge in [0.15, 0.2) is 0 Å². The minimum absolute atomic E-state index is 0.0404. The van der Waals surface area contributed by atoms with Crippen molar-refractivity contribution >= 4 is 28.9 Å². The monoisotopic (exact) mass is 332 g/mol. The number of nitrogens with one attached hydrogen (secondary N) is 1. The van der Waals surface area contributed by atoms with Gasteiger partial charge >= 0.3 is 0 Å². The first-order valence-corrected chi connectivity index (χ1v) is 8.06. The van der Waals surface area contributed by atoms with E-state index in [4.69, 9.17) is 11.6 Å². The second kappa shape index (κ2) is 7.01. The maximum absolute atomic E-state index is 13.2. The van der Waals surface area contributed by atoms with Gasteiger partial charge in [0.25, 0.3) is 0 Å². The van der Waals surface area contributed by atoms with E-state index in [-0.39, 0.29) is 17.6 Å². The Morgan fingerprint density at radius 3 is 2.57 bits per heavy atom. The molecule has 1 aliphatic rings. The van der Waals surface area contributed by atoms with Crippen LogP contribution in [0.4, 0.5) is 15.8 Å². The number of piperidine rings is 1. The van der Waals surface area contributed by atoms with E-state index < -0.39 is 0 Å². The Morgan fingerprint density at radius 2 is 1.87 bits per heavy atom. The van der Waals surface area contributed by atoms with Crippen LogP contribution >= 0.6 is 11.6 Å². The summed E-state index contributed by atoms with van der Waals surface area (Å²) in [5.74, 6) is -0.436. The number of hydrogen-bond acceptors (Lipinski definition) is 2. The highest BCUT2D eigenvalue weighted by Gasteiger charge is 2.25. The van der Waals surface area contributed by atoms with E-state index in [1.54, 1.807) is 12.1 Å². The average Bonchev–Trinajstić information content (AvgIpc) is 2.55. The second-order valence-electron chi connectivity index (χ2n) is 5.74. The molecule has 0 saturated carbocycles. The predicted molar refractivity (Wildman–Crippen MR) is 91.4 cm³/mol. The molecule has 1 aliphatic heterocycles. The Kier molecular flexibility index (Phi) is 4.82. The van der Waals surface area contributed by atoms with Crippen LogP contribution in [0.15, 0.2) is 48.5 Å². The number of halogens is 2. The van der Waals surface area contributed by atoms with E-state index in [2.05, 4.69) is 10.2 Å². The molecule has 3 rings (SSSR count). The molecule has 1 saturated heterocycles. The van der Waals surface area contributed by atoms with Crippen LogP contribution in [0, 0.1) is 11.7 Å². The standard InChI is InChI=1S/C18H18ClFN2O/c19-14-3-1-6-17(11-14)22-9-7-13(8-10-22)18(23)21-16-5-2-4-15(20)12-16/h1-6,11-13H,7-10H2,(H,21,23). The molecule has 0 bridgehead atoms. The SMILES string of the molecule is O=C(Nc1cccc(F)c1)C1CCN(c2cccc(Cl)c2)CC1. The molecular formula is C18H18ClFN2O. The van der Waals surface area contributed by atoms with E-state index >= 15 is 0 Å². The zero-order chi connectivity index (χ0) is 16.2. The summed E-state index contributed by atoms with van der Waals surface area (Å²) in [4.78, 5) is 14.5. The highest BCUT2D eigenvalue weighted by molar-refractivity contribution is 6.30. The van der Waals surface area contributed by atoms with Gasteiger partial charge in [-0.25, -0.2) is 4.39 Å². The number of nitrogens with zero attached hydrogens (tertiary/aromatic N) is 1. The minimum Gasteiger partial charge on any atom is -0.371 e. The first kappa shape index (κ1) is 15.8. The molecular weight excluding hydrogens is 315 g/mol. The molecule has 0 unspecified atom stereocenters. The summed E-state index contributed by atoms with van der Waals surface area (Å²) < 4.78 is 13.2. The Bertz CT molecular complexity index is 699. The summed E-state index contributed by atoms with van der Waals surface area (Å²) in [7, 11) is 0. The molecule has 1 amide bonds. The van der Waals surface area contributed by atoms with Gasteiger partial charge in [-0.3, -0.25) is 4.79 Å². The third-order valence-corrected chi connectivity index (χ3v) is 4.37. The van der Waals surface area contributed by atoms with E-state index in [0.717, 1.165) is 31.6 Å². The lowest BCUT2D eigenvalue weighted by Gasteiger charge is -2.33. The van der Waals surface area contributed by atoms with Gasteiger partial charge in [-0.2, -0.15) is 0 Å². The van der Waals surface area contributed by atoms with Crippen molar-refractivity contribution in [2.24, 2.45) is 5.92 Å². The van der Waals surface area contributed by atoms with Crippen LogP contribution in [0.1, 0.15) is 12.8 Å². The number of amides is 1. The second-order valence-corrected chi connectivity index (χ2v) is 6.18. The topological polar surface area (TPSA) is 32.3 Å². The van der Waals surface area contributed by atoms with Crippen molar-refractivity contribution in [2.45, 2.75) is 12.8 Å². The molecule has 23 heavy (non-hydrogen) atoms. The minimum atomic E-state index is -0.349. The Hall–Kier alpha value is -2.07. The first-order chi connectivity index (χ1) is 11.1. The normalized spacial score (nSPS) is 15.5. The molecule has 120 valence electrons. The number of carbonyl (C=O) groups is 1. The van der Waals surface area contributed by atoms with Crippen LogP contribution in [-0.4, -0.2) is 19.0 Å².